The molecule has 0 saturated carbocycles. The molecule has 0 spiro atoms. The Morgan fingerprint density at radius 3 is 2.62 bits per heavy atom. The standard InChI is InChI=1S/C13H15ClFN3O2S/c1-8-10(7-18(3)16-8)9(2)17-21(19,20)13-11(14)5-4-6-12(13)15/h4-7,9,17H,1-3H3/t9-/m0/s1. The van der Waals surface area contributed by atoms with Crippen LogP contribution in [-0.2, 0) is 17.1 Å². The molecular formula is C13H15ClFN3O2S. The molecule has 114 valence electrons. The molecule has 0 aliphatic carbocycles. The Labute approximate surface area is 127 Å². The molecule has 1 N–H and O–H groups in total. The summed E-state index contributed by atoms with van der Waals surface area (Å²) in [6.07, 6.45) is 1.71. The van der Waals surface area contributed by atoms with Crippen molar-refractivity contribution >= 4 is 21.6 Å². The van der Waals surface area contributed by atoms with Crippen molar-refractivity contribution in [2.24, 2.45) is 7.05 Å². The van der Waals surface area contributed by atoms with Crippen LogP contribution < -0.4 is 4.72 Å². The molecular weight excluding hydrogens is 317 g/mol. The van der Waals surface area contributed by atoms with Crippen LogP contribution >= 0.6 is 11.6 Å². The normalized spacial score (nSPS) is 13.4. The molecule has 0 fully saturated rings. The summed E-state index contributed by atoms with van der Waals surface area (Å²) < 4.78 is 42.4. The van der Waals surface area contributed by atoms with Gasteiger partial charge in [-0.05, 0) is 26.0 Å². The zero-order chi connectivity index (χ0) is 15.8. The van der Waals surface area contributed by atoms with Crippen LogP contribution in [0.3, 0.4) is 0 Å². The molecule has 8 heteroatoms. The number of hydrogen-bond donors (Lipinski definition) is 1. The summed E-state index contributed by atoms with van der Waals surface area (Å²) in [6, 6.07) is 3.18. The van der Waals surface area contributed by atoms with E-state index >= 15 is 0 Å². The van der Waals surface area contributed by atoms with Crippen molar-refractivity contribution in [1.29, 1.82) is 0 Å². The number of aryl methyl sites for hydroxylation is 2. The van der Waals surface area contributed by atoms with Crippen LogP contribution in [0.5, 0.6) is 0 Å². The van der Waals surface area contributed by atoms with E-state index in [1.807, 2.05) is 0 Å². The fraction of sp³-hybridized carbons (Fsp3) is 0.308. The van der Waals surface area contributed by atoms with E-state index in [2.05, 4.69) is 9.82 Å². The highest BCUT2D eigenvalue weighted by atomic mass is 35.5. The minimum atomic E-state index is -4.07. The lowest BCUT2D eigenvalue weighted by atomic mass is 10.1. The Kier molecular flexibility index (Phi) is 4.36. The molecule has 0 unspecified atom stereocenters. The fourth-order valence-electron chi connectivity index (χ4n) is 2.14. The molecule has 1 heterocycles. The van der Waals surface area contributed by atoms with Crippen LogP contribution in [-0.4, -0.2) is 18.2 Å². The molecule has 0 bridgehead atoms. The number of sulfonamides is 1. The highest BCUT2D eigenvalue weighted by molar-refractivity contribution is 7.89. The van der Waals surface area contributed by atoms with Gasteiger partial charge in [0.25, 0.3) is 0 Å². The van der Waals surface area contributed by atoms with E-state index in [9.17, 15) is 12.8 Å². The molecule has 0 aliphatic rings. The van der Waals surface area contributed by atoms with Crippen LogP contribution in [0.1, 0.15) is 24.2 Å². The number of hydrogen-bond acceptors (Lipinski definition) is 3. The first-order chi connectivity index (χ1) is 9.72. The van der Waals surface area contributed by atoms with Crippen molar-refractivity contribution in [3.63, 3.8) is 0 Å². The van der Waals surface area contributed by atoms with Gasteiger partial charge in [-0.1, -0.05) is 17.7 Å². The zero-order valence-electron chi connectivity index (χ0n) is 11.8. The van der Waals surface area contributed by atoms with Crippen LogP contribution in [0.4, 0.5) is 4.39 Å². The molecule has 2 rings (SSSR count). The van der Waals surface area contributed by atoms with Crippen molar-refractivity contribution in [1.82, 2.24) is 14.5 Å². The second kappa shape index (κ2) is 5.75. The predicted molar refractivity (Wildman–Crippen MR) is 78.1 cm³/mol. The maximum Gasteiger partial charge on any atom is 0.245 e. The molecule has 0 radical (unpaired) electrons. The van der Waals surface area contributed by atoms with Crippen LogP contribution in [0, 0.1) is 12.7 Å². The summed E-state index contributed by atoms with van der Waals surface area (Å²) in [7, 11) is -2.33. The first-order valence-electron chi connectivity index (χ1n) is 6.19. The van der Waals surface area contributed by atoms with Gasteiger partial charge in [-0.3, -0.25) is 4.68 Å². The average molecular weight is 332 g/mol. The third-order valence-electron chi connectivity index (χ3n) is 3.04. The number of aromatic nitrogens is 2. The molecule has 21 heavy (non-hydrogen) atoms. The summed E-state index contributed by atoms with van der Waals surface area (Å²) in [6.45, 7) is 3.44. The lowest BCUT2D eigenvalue weighted by Crippen LogP contribution is -2.28. The summed E-state index contributed by atoms with van der Waals surface area (Å²) in [5, 5.41) is 4.00. The number of benzene rings is 1. The fourth-order valence-corrected chi connectivity index (χ4v) is 3.96. The van der Waals surface area contributed by atoms with Crippen molar-refractivity contribution < 1.29 is 12.8 Å². The van der Waals surface area contributed by atoms with Gasteiger partial charge in [0.05, 0.1) is 10.7 Å². The maximum atomic E-state index is 13.8. The van der Waals surface area contributed by atoms with Gasteiger partial charge in [-0.2, -0.15) is 5.10 Å². The number of nitrogens with one attached hydrogen (secondary N) is 1. The van der Waals surface area contributed by atoms with Crippen molar-refractivity contribution in [3.05, 3.63) is 46.5 Å². The molecule has 2 aromatic rings. The van der Waals surface area contributed by atoms with E-state index in [0.717, 1.165) is 6.07 Å². The third kappa shape index (κ3) is 3.25. The minimum Gasteiger partial charge on any atom is -0.275 e. The van der Waals surface area contributed by atoms with Gasteiger partial charge < -0.3 is 0 Å². The first-order valence-corrected chi connectivity index (χ1v) is 8.05. The Hall–Kier alpha value is -1.44. The van der Waals surface area contributed by atoms with E-state index in [-0.39, 0.29) is 5.02 Å². The van der Waals surface area contributed by atoms with E-state index < -0.39 is 26.8 Å². The monoisotopic (exact) mass is 331 g/mol. The number of rotatable bonds is 4. The highest BCUT2D eigenvalue weighted by Gasteiger charge is 2.26. The summed E-state index contributed by atoms with van der Waals surface area (Å²) >= 11 is 5.80. The van der Waals surface area contributed by atoms with Gasteiger partial charge in [-0.25, -0.2) is 17.5 Å². The Bertz CT molecular complexity index is 753. The zero-order valence-corrected chi connectivity index (χ0v) is 13.3. The number of halogens is 2. The molecule has 1 atom stereocenters. The van der Waals surface area contributed by atoms with Gasteiger partial charge >= 0.3 is 0 Å². The van der Waals surface area contributed by atoms with Crippen LogP contribution in [0.2, 0.25) is 5.02 Å². The smallest absolute Gasteiger partial charge is 0.245 e. The van der Waals surface area contributed by atoms with Crippen LogP contribution in [0.15, 0.2) is 29.3 Å². The second-order valence-electron chi connectivity index (χ2n) is 4.74. The van der Waals surface area contributed by atoms with E-state index in [0.29, 0.717) is 11.3 Å². The molecule has 0 amide bonds. The predicted octanol–water partition coefficient (Wildman–Crippen LogP) is 2.56. The van der Waals surface area contributed by atoms with Crippen molar-refractivity contribution in [2.75, 3.05) is 0 Å². The Morgan fingerprint density at radius 1 is 1.43 bits per heavy atom. The van der Waals surface area contributed by atoms with Crippen LogP contribution in [0.25, 0.3) is 0 Å². The van der Waals surface area contributed by atoms with E-state index in [4.69, 9.17) is 11.6 Å². The Morgan fingerprint density at radius 2 is 2.10 bits per heavy atom. The summed E-state index contributed by atoms with van der Waals surface area (Å²) in [5.74, 6) is -0.884. The van der Waals surface area contributed by atoms with Crippen molar-refractivity contribution in [2.45, 2.75) is 24.8 Å². The lowest BCUT2D eigenvalue weighted by Gasteiger charge is -2.15. The summed E-state index contributed by atoms with van der Waals surface area (Å²) in [4.78, 5) is -0.542. The van der Waals surface area contributed by atoms with Gasteiger partial charge in [0, 0.05) is 24.8 Å². The Balaban J connectivity index is 2.36. The van der Waals surface area contributed by atoms with Gasteiger partial charge in [0.15, 0.2) is 0 Å². The van der Waals surface area contributed by atoms with Gasteiger partial charge in [-0.15, -0.1) is 0 Å². The summed E-state index contributed by atoms with van der Waals surface area (Å²) in [5.41, 5.74) is 1.42. The second-order valence-corrected chi connectivity index (χ2v) is 6.80. The average Bonchev–Trinajstić information content (AvgIpc) is 2.67. The lowest BCUT2D eigenvalue weighted by molar-refractivity contribution is 0.547. The molecule has 1 aromatic heterocycles. The molecule has 0 aliphatic heterocycles. The van der Waals surface area contributed by atoms with E-state index in [1.54, 1.807) is 31.8 Å². The van der Waals surface area contributed by atoms with Crippen molar-refractivity contribution in [3.8, 4) is 0 Å². The minimum absolute atomic E-state index is 0.155. The highest BCUT2D eigenvalue weighted by Crippen LogP contribution is 2.26. The molecule has 0 saturated heterocycles. The quantitative estimate of drug-likeness (QED) is 0.936. The van der Waals surface area contributed by atoms with Gasteiger partial charge in [0.2, 0.25) is 10.0 Å². The molecule has 1 aromatic carbocycles. The SMILES string of the molecule is Cc1nn(C)cc1[C@H](C)NS(=O)(=O)c1c(F)cccc1Cl. The topological polar surface area (TPSA) is 64.0 Å². The largest absolute Gasteiger partial charge is 0.275 e. The first kappa shape index (κ1) is 15.9. The van der Waals surface area contributed by atoms with Gasteiger partial charge in [0.1, 0.15) is 10.7 Å². The molecule has 5 nitrogen and oxygen atoms in total. The van der Waals surface area contributed by atoms with E-state index in [1.165, 1.54) is 12.1 Å². The third-order valence-corrected chi connectivity index (χ3v) is 5.08. The maximum absolute atomic E-state index is 13.8. The number of nitrogens with zero attached hydrogens (tertiary/aromatic N) is 2.